The molecule has 2 aromatic heterocycles. The van der Waals surface area contributed by atoms with Gasteiger partial charge in [0, 0.05) is 16.1 Å². The number of rotatable bonds is 2. The number of hydrogen-bond donors (Lipinski definition) is 2. The summed E-state index contributed by atoms with van der Waals surface area (Å²) in [5.41, 5.74) is 4.32. The number of hydrogen-bond acceptors (Lipinski definition) is 6. The number of nitrogens with zero attached hydrogens (tertiary/aromatic N) is 5. The predicted octanol–water partition coefficient (Wildman–Crippen LogP) is 3.08. The van der Waals surface area contributed by atoms with E-state index in [1.807, 2.05) is 43.3 Å². The zero-order valence-corrected chi connectivity index (χ0v) is 15.5. The monoisotopic (exact) mass is 391 g/mol. The minimum Gasteiger partial charge on any atom is -0.318 e. The first-order valence-corrected chi connectivity index (χ1v) is 8.99. The SMILES string of the molecule is Cc1ccc(-c2n[nH]c(=O)c3c2[C@H](c2ccc(Cl)cc2)n2nnnc2N3)cc1. The molecule has 0 radical (unpaired) electrons. The molecule has 8 nitrogen and oxygen atoms in total. The molecule has 3 heterocycles. The van der Waals surface area contributed by atoms with Crippen molar-refractivity contribution < 1.29 is 0 Å². The zero-order valence-electron chi connectivity index (χ0n) is 14.7. The fraction of sp³-hybridized carbons (Fsp3) is 0.105. The highest BCUT2D eigenvalue weighted by atomic mass is 35.5. The molecule has 0 spiro atoms. The number of nitrogens with one attached hydrogen (secondary N) is 2. The van der Waals surface area contributed by atoms with E-state index in [0.29, 0.717) is 27.9 Å². The van der Waals surface area contributed by atoms with Gasteiger partial charge in [0.15, 0.2) is 0 Å². The van der Waals surface area contributed by atoms with E-state index in [1.165, 1.54) is 0 Å². The molecule has 0 amide bonds. The molecule has 5 rings (SSSR count). The third-order valence-electron chi connectivity index (χ3n) is 4.78. The van der Waals surface area contributed by atoms with Gasteiger partial charge in [0.05, 0.1) is 5.69 Å². The molecule has 0 saturated heterocycles. The Morgan fingerprint density at radius 3 is 2.57 bits per heavy atom. The van der Waals surface area contributed by atoms with E-state index in [9.17, 15) is 4.79 Å². The second kappa shape index (κ2) is 6.28. The van der Waals surface area contributed by atoms with Gasteiger partial charge in [-0.2, -0.15) is 9.78 Å². The van der Waals surface area contributed by atoms with Crippen LogP contribution in [0, 0.1) is 6.92 Å². The number of fused-ring (bicyclic) bond motifs is 2. The van der Waals surface area contributed by atoms with Crippen molar-refractivity contribution in [1.29, 1.82) is 0 Å². The van der Waals surface area contributed by atoms with Crippen LogP contribution in [0.2, 0.25) is 5.02 Å². The Morgan fingerprint density at radius 2 is 1.82 bits per heavy atom. The van der Waals surface area contributed by atoms with E-state index in [1.54, 1.807) is 16.8 Å². The first kappa shape index (κ1) is 16.6. The molecule has 9 heteroatoms. The topological polar surface area (TPSA) is 101 Å². The van der Waals surface area contributed by atoms with Crippen molar-refractivity contribution in [2.45, 2.75) is 13.0 Å². The van der Waals surface area contributed by atoms with E-state index in [2.05, 4.69) is 31.0 Å². The first-order valence-electron chi connectivity index (χ1n) is 8.62. The van der Waals surface area contributed by atoms with Gasteiger partial charge >= 0.3 is 0 Å². The van der Waals surface area contributed by atoms with Gasteiger partial charge in [-0.15, -0.1) is 0 Å². The van der Waals surface area contributed by atoms with Crippen LogP contribution in [-0.4, -0.2) is 30.4 Å². The van der Waals surface area contributed by atoms with Gasteiger partial charge < -0.3 is 5.32 Å². The highest BCUT2D eigenvalue weighted by Crippen LogP contribution is 2.41. The predicted molar refractivity (Wildman–Crippen MR) is 105 cm³/mol. The van der Waals surface area contributed by atoms with Gasteiger partial charge in [-0.05, 0) is 35.0 Å². The highest BCUT2D eigenvalue weighted by molar-refractivity contribution is 6.30. The number of tetrazole rings is 1. The smallest absolute Gasteiger partial charge is 0.288 e. The summed E-state index contributed by atoms with van der Waals surface area (Å²) >= 11 is 6.07. The number of aryl methyl sites for hydroxylation is 1. The van der Waals surface area contributed by atoms with Gasteiger partial charge in [0.2, 0.25) is 5.95 Å². The standard InChI is InChI=1S/C19H14ClN7O/c1-10-2-4-11(5-3-10)15-14-16(18(28)23-22-15)21-19-24-25-26-27(19)17(14)12-6-8-13(20)9-7-12/h2-9,17H,1H3,(H,23,28)(H,21,24,26)/t17-/m0/s1. The van der Waals surface area contributed by atoms with Crippen LogP contribution in [0.15, 0.2) is 53.3 Å². The van der Waals surface area contributed by atoms with Crippen LogP contribution in [0.3, 0.4) is 0 Å². The molecular formula is C19H14ClN7O. The summed E-state index contributed by atoms with van der Waals surface area (Å²) in [5, 5.41) is 22.5. The van der Waals surface area contributed by atoms with Crippen molar-refractivity contribution in [3.63, 3.8) is 0 Å². The van der Waals surface area contributed by atoms with Crippen LogP contribution < -0.4 is 10.9 Å². The lowest BCUT2D eigenvalue weighted by Gasteiger charge is -2.27. The molecule has 1 atom stereocenters. The molecule has 4 aromatic rings. The number of H-pyrrole nitrogens is 1. The lowest BCUT2D eigenvalue weighted by atomic mass is 9.92. The van der Waals surface area contributed by atoms with E-state index in [0.717, 1.165) is 16.7 Å². The summed E-state index contributed by atoms with van der Waals surface area (Å²) in [6.07, 6.45) is 0. The van der Waals surface area contributed by atoms with E-state index in [-0.39, 0.29) is 5.56 Å². The number of anilines is 2. The van der Waals surface area contributed by atoms with Crippen molar-refractivity contribution in [3.8, 4) is 11.3 Å². The van der Waals surface area contributed by atoms with Gasteiger partial charge in [-0.3, -0.25) is 4.79 Å². The van der Waals surface area contributed by atoms with Crippen molar-refractivity contribution >= 4 is 23.2 Å². The number of aromatic nitrogens is 6. The molecule has 0 unspecified atom stereocenters. The van der Waals surface area contributed by atoms with Crippen molar-refractivity contribution in [2.75, 3.05) is 5.32 Å². The van der Waals surface area contributed by atoms with Crippen molar-refractivity contribution in [1.82, 2.24) is 30.4 Å². The van der Waals surface area contributed by atoms with Crippen molar-refractivity contribution in [3.05, 3.63) is 80.6 Å². The summed E-state index contributed by atoms with van der Waals surface area (Å²) < 4.78 is 1.64. The summed E-state index contributed by atoms with van der Waals surface area (Å²) in [6, 6.07) is 14.9. The third-order valence-corrected chi connectivity index (χ3v) is 5.03. The average molecular weight is 392 g/mol. The summed E-state index contributed by atoms with van der Waals surface area (Å²) in [5.74, 6) is 0.388. The molecule has 138 valence electrons. The largest absolute Gasteiger partial charge is 0.318 e. The van der Waals surface area contributed by atoms with E-state index in [4.69, 9.17) is 11.6 Å². The Balaban J connectivity index is 1.81. The fourth-order valence-corrected chi connectivity index (χ4v) is 3.55. The molecule has 0 fully saturated rings. The molecule has 0 aliphatic carbocycles. The molecular weight excluding hydrogens is 378 g/mol. The zero-order chi connectivity index (χ0) is 19.3. The van der Waals surface area contributed by atoms with Crippen molar-refractivity contribution in [2.24, 2.45) is 0 Å². The fourth-order valence-electron chi connectivity index (χ4n) is 3.42. The van der Waals surface area contributed by atoms with E-state index >= 15 is 0 Å². The van der Waals surface area contributed by atoms with Crippen LogP contribution >= 0.6 is 11.6 Å². The van der Waals surface area contributed by atoms with Gasteiger partial charge in [0.1, 0.15) is 11.7 Å². The van der Waals surface area contributed by atoms with Gasteiger partial charge in [-0.25, -0.2) is 5.10 Å². The molecule has 0 saturated carbocycles. The summed E-state index contributed by atoms with van der Waals surface area (Å²) in [4.78, 5) is 12.6. The lowest BCUT2D eigenvalue weighted by molar-refractivity contribution is 0.567. The molecule has 2 N–H and O–H groups in total. The van der Waals surface area contributed by atoms with Crippen LogP contribution in [0.5, 0.6) is 0 Å². The van der Waals surface area contributed by atoms with Gasteiger partial charge in [-0.1, -0.05) is 58.7 Å². The Bertz CT molecular complexity index is 1230. The van der Waals surface area contributed by atoms with Crippen LogP contribution in [0.4, 0.5) is 11.6 Å². The number of benzene rings is 2. The molecule has 1 aliphatic heterocycles. The molecule has 0 bridgehead atoms. The molecule has 1 aliphatic rings. The maximum Gasteiger partial charge on any atom is 0.288 e. The van der Waals surface area contributed by atoms with E-state index < -0.39 is 6.04 Å². The highest BCUT2D eigenvalue weighted by Gasteiger charge is 2.34. The lowest BCUT2D eigenvalue weighted by Crippen LogP contribution is -2.29. The maximum absolute atomic E-state index is 12.6. The Hall–Kier alpha value is -3.52. The summed E-state index contributed by atoms with van der Waals surface area (Å²) in [7, 11) is 0. The normalized spacial score (nSPS) is 14.9. The Labute approximate surface area is 164 Å². The minimum absolute atomic E-state index is 0.334. The van der Waals surface area contributed by atoms with Crippen LogP contribution in [-0.2, 0) is 0 Å². The maximum atomic E-state index is 12.6. The quantitative estimate of drug-likeness (QED) is 0.479. The van der Waals surface area contributed by atoms with Crippen LogP contribution in [0.25, 0.3) is 11.3 Å². The average Bonchev–Trinajstić information content (AvgIpc) is 3.17. The van der Waals surface area contributed by atoms with Crippen LogP contribution in [0.1, 0.15) is 22.7 Å². The number of aromatic amines is 1. The second-order valence-electron chi connectivity index (χ2n) is 6.58. The second-order valence-corrected chi connectivity index (χ2v) is 7.02. The Kier molecular flexibility index (Phi) is 3.73. The first-order chi connectivity index (χ1) is 13.6. The number of halogens is 1. The van der Waals surface area contributed by atoms with Gasteiger partial charge in [0.25, 0.3) is 5.56 Å². The Morgan fingerprint density at radius 1 is 1.07 bits per heavy atom. The molecule has 2 aromatic carbocycles. The summed E-state index contributed by atoms with van der Waals surface area (Å²) in [6.45, 7) is 2.02. The molecule has 28 heavy (non-hydrogen) atoms. The third kappa shape index (κ3) is 2.57. The minimum atomic E-state index is -0.426.